The molecular formula is C20H22F2N4O. The summed E-state index contributed by atoms with van der Waals surface area (Å²) in [5.74, 6) is -1.39. The molecular weight excluding hydrogens is 350 g/mol. The smallest absolute Gasteiger partial charge is 0.276 e. The molecule has 1 saturated heterocycles. The summed E-state index contributed by atoms with van der Waals surface area (Å²) in [5, 5.41) is 3.21. The van der Waals surface area contributed by atoms with Gasteiger partial charge in [-0.05, 0) is 44.0 Å². The topological polar surface area (TPSA) is 53.4 Å². The number of nitrogens with one attached hydrogen (secondary N) is 1. The zero-order valence-electron chi connectivity index (χ0n) is 15.4. The first kappa shape index (κ1) is 17.9. The molecule has 27 heavy (non-hydrogen) atoms. The van der Waals surface area contributed by atoms with Crippen molar-refractivity contribution in [3.8, 4) is 0 Å². The van der Waals surface area contributed by atoms with E-state index < -0.39 is 11.6 Å². The summed E-state index contributed by atoms with van der Waals surface area (Å²) in [5.41, 5.74) is 3.85. The number of hydrogen-bond donors (Lipinski definition) is 1. The van der Waals surface area contributed by atoms with Gasteiger partial charge in [-0.2, -0.15) is 0 Å². The highest BCUT2D eigenvalue weighted by Crippen LogP contribution is 2.28. The van der Waals surface area contributed by atoms with E-state index in [9.17, 15) is 13.6 Å². The molecule has 0 spiro atoms. The number of aryl methyl sites for hydroxylation is 1. The van der Waals surface area contributed by atoms with Gasteiger partial charge in [-0.25, -0.2) is 18.3 Å². The number of rotatable bonds is 4. The third kappa shape index (κ3) is 3.27. The van der Waals surface area contributed by atoms with E-state index in [0.717, 1.165) is 42.0 Å². The van der Waals surface area contributed by atoms with Crippen molar-refractivity contribution < 1.29 is 8.78 Å². The van der Waals surface area contributed by atoms with Crippen molar-refractivity contribution in [1.82, 2.24) is 19.5 Å². The van der Waals surface area contributed by atoms with Crippen LogP contribution in [0.4, 0.5) is 8.78 Å². The van der Waals surface area contributed by atoms with Gasteiger partial charge < -0.3 is 0 Å². The molecule has 142 valence electrons. The number of H-pyrrole nitrogens is 1. The van der Waals surface area contributed by atoms with E-state index in [4.69, 9.17) is 0 Å². The van der Waals surface area contributed by atoms with Gasteiger partial charge in [0.05, 0.1) is 0 Å². The van der Waals surface area contributed by atoms with Crippen molar-refractivity contribution >= 4 is 5.65 Å². The summed E-state index contributed by atoms with van der Waals surface area (Å²) in [4.78, 5) is 19.3. The Bertz CT molecular complexity index is 1060. The maximum absolute atomic E-state index is 13.4. The maximum atomic E-state index is 13.4. The second-order valence-corrected chi connectivity index (χ2v) is 7.21. The number of benzene rings is 1. The van der Waals surface area contributed by atoms with Gasteiger partial charge in [-0.1, -0.05) is 13.0 Å². The lowest BCUT2D eigenvalue weighted by molar-refractivity contribution is 0.325. The average molecular weight is 372 g/mol. The van der Waals surface area contributed by atoms with Crippen LogP contribution in [0.15, 0.2) is 29.1 Å². The Balaban J connectivity index is 1.54. The van der Waals surface area contributed by atoms with Crippen LogP contribution in [-0.4, -0.2) is 32.6 Å². The molecule has 0 saturated carbocycles. The fraction of sp³-hybridized carbons (Fsp3) is 0.400. The van der Waals surface area contributed by atoms with Crippen molar-refractivity contribution in [3.63, 3.8) is 0 Å². The Hall–Kier alpha value is -2.54. The minimum atomic E-state index is -0.823. The molecule has 1 aliphatic rings. The van der Waals surface area contributed by atoms with Crippen LogP contribution in [0.25, 0.3) is 5.65 Å². The number of fused-ring (bicyclic) bond motifs is 1. The van der Waals surface area contributed by atoms with Crippen LogP contribution in [0.2, 0.25) is 0 Å². The fourth-order valence-corrected chi connectivity index (χ4v) is 3.93. The molecule has 1 atom stereocenters. The quantitative estimate of drug-likeness (QED) is 0.765. The summed E-state index contributed by atoms with van der Waals surface area (Å²) in [6.45, 7) is 6.05. The van der Waals surface area contributed by atoms with Gasteiger partial charge in [-0.3, -0.25) is 14.8 Å². The summed E-state index contributed by atoms with van der Waals surface area (Å²) >= 11 is 0. The zero-order valence-corrected chi connectivity index (χ0v) is 15.4. The predicted molar refractivity (Wildman–Crippen MR) is 98.9 cm³/mol. The molecule has 0 aliphatic carbocycles. The Kier molecular flexibility index (Phi) is 4.55. The molecule has 3 heterocycles. The van der Waals surface area contributed by atoms with Gasteiger partial charge >= 0.3 is 0 Å². The SMILES string of the molecule is CCc1c(C)nc2cc([C@H]3CCN(Cc4ccc(F)c(F)c4)C3)[nH]n2c1=O. The number of nitrogens with zero attached hydrogens (tertiary/aromatic N) is 3. The summed E-state index contributed by atoms with van der Waals surface area (Å²) < 4.78 is 28.0. The van der Waals surface area contributed by atoms with Gasteiger partial charge in [0.25, 0.3) is 5.56 Å². The first-order valence-electron chi connectivity index (χ1n) is 9.23. The van der Waals surface area contributed by atoms with E-state index in [1.165, 1.54) is 16.6 Å². The lowest BCUT2D eigenvalue weighted by Crippen LogP contribution is -2.22. The Morgan fingerprint density at radius 2 is 2.07 bits per heavy atom. The molecule has 0 bridgehead atoms. The fourth-order valence-electron chi connectivity index (χ4n) is 3.93. The lowest BCUT2D eigenvalue weighted by Gasteiger charge is -2.15. The number of likely N-dealkylation sites (tertiary alicyclic amines) is 1. The zero-order chi connectivity index (χ0) is 19.1. The monoisotopic (exact) mass is 372 g/mol. The van der Waals surface area contributed by atoms with E-state index in [0.29, 0.717) is 18.6 Å². The van der Waals surface area contributed by atoms with Crippen molar-refractivity contribution in [2.75, 3.05) is 13.1 Å². The van der Waals surface area contributed by atoms with Gasteiger partial charge in [0.2, 0.25) is 0 Å². The van der Waals surface area contributed by atoms with Gasteiger partial charge in [0.15, 0.2) is 17.3 Å². The molecule has 4 rings (SSSR count). The highest BCUT2D eigenvalue weighted by Gasteiger charge is 2.26. The standard InChI is InChI=1S/C20H22F2N4O/c1-3-15-12(2)23-19-9-18(24-26(19)20(15)27)14-6-7-25(11-14)10-13-4-5-16(21)17(22)8-13/h4-5,8-9,14,24H,3,6-7,10-11H2,1-2H3/t14-/m0/s1. The number of aromatic amines is 1. The van der Waals surface area contributed by atoms with Gasteiger partial charge in [0, 0.05) is 42.0 Å². The van der Waals surface area contributed by atoms with Crippen LogP contribution in [0.1, 0.15) is 41.8 Å². The van der Waals surface area contributed by atoms with Crippen LogP contribution in [-0.2, 0) is 13.0 Å². The Morgan fingerprint density at radius 1 is 1.26 bits per heavy atom. The third-order valence-corrected chi connectivity index (χ3v) is 5.39. The van der Waals surface area contributed by atoms with Crippen molar-refractivity contribution in [1.29, 1.82) is 0 Å². The minimum absolute atomic E-state index is 0.0390. The van der Waals surface area contributed by atoms with Crippen molar-refractivity contribution in [2.24, 2.45) is 0 Å². The first-order chi connectivity index (χ1) is 13.0. The molecule has 1 aromatic carbocycles. The molecule has 0 radical (unpaired) electrons. The van der Waals surface area contributed by atoms with Crippen LogP contribution >= 0.6 is 0 Å². The van der Waals surface area contributed by atoms with E-state index in [1.54, 1.807) is 6.07 Å². The first-order valence-corrected chi connectivity index (χ1v) is 9.23. The molecule has 5 nitrogen and oxygen atoms in total. The predicted octanol–water partition coefficient (Wildman–Crippen LogP) is 3.16. The van der Waals surface area contributed by atoms with E-state index >= 15 is 0 Å². The second-order valence-electron chi connectivity index (χ2n) is 7.21. The van der Waals surface area contributed by atoms with Crippen molar-refractivity contribution in [3.05, 3.63) is 68.8 Å². The van der Waals surface area contributed by atoms with E-state index in [-0.39, 0.29) is 11.5 Å². The summed E-state index contributed by atoms with van der Waals surface area (Å²) in [7, 11) is 0. The van der Waals surface area contributed by atoms with Gasteiger partial charge in [0.1, 0.15) is 0 Å². The van der Waals surface area contributed by atoms with Crippen LogP contribution < -0.4 is 5.56 Å². The summed E-state index contributed by atoms with van der Waals surface area (Å²) in [6.07, 6.45) is 1.59. The van der Waals surface area contributed by atoms with Crippen LogP contribution in [0.3, 0.4) is 0 Å². The third-order valence-electron chi connectivity index (χ3n) is 5.39. The molecule has 1 fully saturated rings. The molecule has 0 unspecified atom stereocenters. The minimum Gasteiger partial charge on any atom is -0.298 e. The largest absolute Gasteiger partial charge is 0.298 e. The van der Waals surface area contributed by atoms with E-state index in [1.807, 2.05) is 19.9 Å². The molecule has 2 aromatic heterocycles. The second kappa shape index (κ2) is 6.88. The lowest BCUT2D eigenvalue weighted by atomic mass is 10.1. The molecule has 3 aromatic rings. The molecule has 0 amide bonds. The Labute approximate surface area is 155 Å². The number of hydrogen-bond acceptors (Lipinski definition) is 3. The van der Waals surface area contributed by atoms with E-state index in [2.05, 4.69) is 15.0 Å². The Morgan fingerprint density at radius 3 is 2.81 bits per heavy atom. The summed E-state index contributed by atoms with van der Waals surface area (Å²) in [6, 6.07) is 5.98. The average Bonchev–Trinajstić information content (AvgIpc) is 3.25. The highest BCUT2D eigenvalue weighted by atomic mass is 19.2. The molecule has 1 N–H and O–H groups in total. The number of aromatic nitrogens is 3. The molecule has 1 aliphatic heterocycles. The maximum Gasteiger partial charge on any atom is 0.276 e. The number of halogens is 2. The van der Waals surface area contributed by atoms with Crippen LogP contribution in [0, 0.1) is 18.6 Å². The van der Waals surface area contributed by atoms with Crippen molar-refractivity contribution in [2.45, 2.75) is 39.2 Å². The van der Waals surface area contributed by atoms with Crippen LogP contribution in [0.5, 0.6) is 0 Å². The molecule has 7 heteroatoms. The normalized spacial score (nSPS) is 17.9. The highest BCUT2D eigenvalue weighted by molar-refractivity contribution is 5.42. The van der Waals surface area contributed by atoms with Gasteiger partial charge in [-0.15, -0.1) is 0 Å².